The van der Waals surface area contributed by atoms with Gasteiger partial charge in [-0.15, -0.1) is 0 Å². The molecule has 3 aromatic carbocycles. The molecule has 1 fully saturated rings. The summed E-state index contributed by atoms with van der Waals surface area (Å²) >= 11 is 0. The summed E-state index contributed by atoms with van der Waals surface area (Å²) in [5.41, 5.74) is 5.60. The molecule has 1 heterocycles. The van der Waals surface area contributed by atoms with Gasteiger partial charge >= 0.3 is 12.1 Å². The first kappa shape index (κ1) is 36.0. The number of rotatable bonds is 16. The van der Waals surface area contributed by atoms with Crippen molar-refractivity contribution in [1.82, 2.24) is 20.0 Å². The number of para-hydroxylation sites is 2. The van der Waals surface area contributed by atoms with E-state index >= 15 is 0 Å². The number of anilines is 2. The molecule has 0 aliphatic carbocycles. The van der Waals surface area contributed by atoms with Crippen LogP contribution >= 0.6 is 0 Å². The molecule has 1 atom stereocenters. The molecule has 1 saturated heterocycles. The van der Waals surface area contributed by atoms with Crippen LogP contribution in [0.1, 0.15) is 75.5 Å². The molecular weight excluding hydrogens is 582 g/mol. The van der Waals surface area contributed by atoms with Crippen molar-refractivity contribution in [2.75, 3.05) is 50.7 Å². The Hall–Kier alpha value is -3.84. The van der Waals surface area contributed by atoms with E-state index in [1.54, 1.807) is 0 Å². The summed E-state index contributed by atoms with van der Waals surface area (Å²) in [5, 5.41) is 3.64. The Balaban J connectivity index is 1.51. The first-order chi connectivity index (χ1) is 22.9. The Labute approximate surface area is 283 Å². The number of nitrogens with one attached hydrogen (secondary N) is 1. The molecule has 1 N–H and O–H groups in total. The van der Waals surface area contributed by atoms with Crippen LogP contribution in [0.15, 0.2) is 78.9 Å². The number of unbranched alkanes of at least 4 members (excludes halogenated alkanes) is 4. The van der Waals surface area contributed by atoms with E-state index < -0.39 is 0 Å². The maximum Gasteiger partial charge on any atom is 0.329 e. The highest BCUT2D eigenvalue weighted by Crippen LogP contribution is 2.28. The van der Waals surface area contributed by atoms with E-state index in [1.165, 1.54) is 16.7 Å². The van der Waals surface area contributed by atoms with Gasteiger partial charge in [0.2, 0.25) is 0 Å². The van der Waals surface area contributed by atoms with E-state index in [2.05, 4.69) is 56.1 Å². The quantitative estimate of drug-likeness (QED) is 0.160. The third-order valence-electron chi connectivity index (χ3n) is 9.08. The molecule has 254 valence electrons. The Bertz CT molecular complexity index is 1300. The second kappa shape index (κ2) is 19.1. The van der Waals surface area contributed by atoms with Crippen LogP contribution in [0.5, 0.6) is 0 Å². The lowest BCUT2D eigenvalue weighted by Gasteiger charge is -2.44. The number of aryl methyl sites for hydroxylation is 2. The van der Waals surface area contributed by atoms with Gasteiger partial charge in [0.25, 0.3) is 0 Å². The third-order valence-corrected chi connectivity index (χ3v) is 9.08. The van der Waals surface area contributed by atoms with Crippen LogP contribution in [0.25, 0.3) is 0 Å². The normalized spacial score (nSPS) is 14.7. The molecule has 4 amide bonds. The Morgan fingerprint density at radius 1 is 0.745 bits per heavy atom. The van der Waals surface area contributed by atoms with E-state index in [1.807, 2.05) is 75.4 Å². The highest BCUT2D eigenvalue weighted by Gasteiger charge is 2.36. The van der Waals surface area contributed by atoms with Gasteiger partial charge in [-0.05, 0) is 82.4 Å². The standard InChI is InChI=1S/C40H57N5O2/c1-5-7-15-25-42(26-16-8-6-2)39(46)43-27-28-44(38(32-43)22-24-41-23-21-35-30-33(3)29-34(4)31-35)40(47)45(36-17-11-9-12-18-36)37-19-13-10-14-20-37/h9-14,17-20,29-31,38,41H,5-8,15-16,21-28,32H2,1-4H3. The highest BCUT2D eigenvalue weighted by molar-refractivity contribution is 5.99. The van der Waals surface area contributed by atoms with E-state index in [0.29, 0.717) is 19.6 Å². The van der Waals surface area contributed by atoms with Crippen molar-refractivity contribution in [3.8, 4) is 0 Å². The van der Waals surface area contributed by atoms with Crippen molar-refractivity contribution < 1.29 is 9.59 Å². The molecule has 1 unspecified atom stereocenters. The number of carbonyl (C=O) groups excluding carboxylic acids is 2. The molecule has 0 aromatic heterocycles. The fourth-order valence-electron chi connectivity index (χ4n) is 6.63. The number of carbonyl (C=O) groups is 2. The minimum Gasteiger partial charge on any atom is -0.325 e. The average molecular weight is 640 g/mol. The second-order valence-electron chi connectivity index (χ2n) is 13.1. The van der Waals surface area contributed by atoms with Gasteiger partial charge in [0, 0.05) is 32.7 Å². The maximum absolute atomic E-state index is 14.5. The van der Waals surface area contributed by atoms with Crippen molar-refractivity contribution in [3.05, 3.63) is 95.6 Å². The first-order valence-corrected chi connectivity index (χ1v) is 17.9. The zero-order valence-electron chi connectivity index (χ0n) is 29.3. The van der Waals surface area contributed by atoms with Crippen molar-refractivity contribution in [1.29, 1.82) is 0 Å². The van der Waals surface area contributed by atoms with Gasteiger partial charge < -0.3 is 20.0 Å². The lowest BCUT2D eigenvalue weighted by Crippen LogP contribution is -2.61. The van der Waals surface area contributed by atoms with Crippen LogP contribution in [0.3, 0.4) is 0 Å². The van der Waals surface area contributed by atoms with E-state index in [9.17, 15) is 9.59 Å². The number of hydrogen-bond acceptors (Lipinski definition) is 3. The van der Waals surface area contributed by atoms with Crippen LogP contribution < -0.4 is 10.2 Å². The predicted octanol–water partition coefficient (Wildman–Crippen LogP) is 8.57. The highest BCUT2D eigenvalue weighted by atomic mass is 16.2. The number of benzene rings is 3. The van der Waals surface area contributed by atoms with Crippen LogP contribution in [-0.2, 0) is 6.42 Å². The molecule has 1 aliphatic rings. The molecule has 1 aliphatic heterocycles. The fraction of sp³-hybridized carbons (Fsp3) is 0.500. The molecule has 3 aromatic rings. The second-order valence-corrected chi connectivity index (χ2v) is 13.1. The molecule has 47 heavy (non-hydrogen) atoms. The van der Waals surface area contributed by atoms with Crippen LogP contribution in [0.2, 0.25) is 0 Å². The van der Waals surface area contributed by atoms with Gasteiger partial charge in [-0.1, -0.05) is 105 Å². The molecule has 4 rings (SSSR count). The zero-order chi connectivity index (χ0) is 33.4. The minimum atomic E-state index is -0.100. The topological polar surface area (TPSA) is 59.1 Å². The zero-order valence-corrected chi connectivity index (χ0v) is 29.3. The molecule has 0 spiro atoms. The van der Waals surface area contributed by atoms with Crippen LogP contribution in [0.4, 0.5) is 21.0 Å². The summed E-state index contributed by atoms with van der Waals surface area (Å²) < 4.78 is 0. The third kappa shape index (κ3) is 10.9. The van der Waals surface area contributed by atoms with Gasteiger partial charge in [0.1, 0.15) is 0 Å². The maximum atomic E-state index is 14.5. The molecule has 7 nitrogen and oxygen atoms in total. The molecule has 0 bridgehead atoms. The fourth-order valence-corrected chi connectivity index (χ4v) is 6.63. The Kier molecular flexibility index (Phi) is 14.6. The van der Waals surface area contributed by atoms with Gasteiger partial charge in [-0.25, -0.2) is 9.59 Å². The lowest BCUT2D eigenvalue weighted by molar-refractivity contribution is 0.0880. The number of amides is 4. The number of nitrogens with zero attached hydrogens (tertiary/aromatic N) is 4. The van der Waals surface area contributed by atoms with Crippen LogP contribution in [0, 0.1) is 13.8 Å². The lowest BCUT2D eigenvalue weighted by atomic mass is 10.0. The average Bonchev–Trinajstić information content (AvgIpc) is 3.08. The molecule has 0 saturated carbocycles. The first-order valence-electron chi connectivity index (χ1n) is 17.9. The number of urea groups is 2. The van der Waals surface area contributed by atoms with Crippen molar-refractivity contribution in [3.63, 3.8) is 0 Å². The van der Waals surface area contributed by atoms with Crippen molar-refractivity contribution in [2.24, 2.45) is 0 Å². The SMILES string of the molecule is CCCCCN(CCCCC)C(=O)N1CCN(C(=O)N(c2ccccc2)c2ccccc2)C(CCNCCc2cc(C)cc(C)c2)C1. The summed E-state index contributed by atoms with van der Waals surface area (Å²) in [5.74, 6) is 0. The summed E-state index contributed by atoms with van der Waals surface area (Å²) in [6, 6.07) is 26.5. The van der Waals surface area contributed by atoms with Gasteiger partial charge in [-0.3, -0.25) is 4.90 Å². The summed E-state index contributed by atoms with van der Waals surface area (Å²) in [4.78, 5) is 36.4. The summed E-state index contributed by atoms with van der Waals surface area (Å²) in [7, 11) is 0. The number of piperazine rings is 1. The smallest absolute Gasteiger partial charge is 0.325 e. The summed E-state index contributed by atoms with van der Waals surface area (Å²) in [6.45, 7) is 13.5. The van der Waals surface area contributed by atoms with Crippen LogP contribution in [-0.4, -0.2) is 78.6 Å². The van der Waals surface area contributed by atoms with E-state index in [4.69, 9.17) is 0 Å². The molecule has 0 radical (unpaired) electrons. The summed E-state index contributed by atoms with van der Waals surface area (Å²) in [6.07, 6.45) is 8.32. The largest absolute Gasteiger partial charge is 0.329 e. The number of hydrogen-bond donors (Lipinski definition) is 1. The Morgan fingerprint density at radius 2 is 1.32 bits per heavy atom. The van der Waals surface area contributed by atoms with Crippen molar-refractivity contribution in [2.45, 2.75) is 85.1 Å². The predicted molar refractivity (Wildman–Crippen MR) is 196 cm³/mol. The van der Waals surface area contributed by atoms with E-state index in [0.717, 1.165) is 88.9 Å². The van der Waals surface area contributed by atoms with E-state index in [-0.39, 0.29) is 18.1 Å². The minimum absolute atomic E-state index is 0.0440. The molecule has 7 heteroatoms. The van der Waals surface area contributed by atoms with Gasteiger partial charge in [0.05, 0.1) is 17.4 Å². The molecular formula is C40H57N5O2. The van der Waals surface area contributed by atoms with Gasteiger partial charge in [-0.2, -0.15) is 0 Å². The Morgan fingerprint density at radius 3 is 1.87 bits per heavy atom. The monoisotopic (exact) mass is 639 g/mol. The van der Waals surface area contributed by atoms with Gasteiger partial charge in [0.15, 0.2) is 0 Å². The van der Waals surface area contributed by atoms with Crippen molar-refractivity contribution >= 4 is 23.4 Å².